The smallest absolute Gasteiger partial charge is 0.338 e. The fourth-order valence-corrected chi connectivity index (χ4v) is 0.892. The van der Waals surface area contributed by atoms with Gasteiger partial charge in [-0.15, -0.1) is 0 Å². The summed E-state index contributed by atoms with van der Waals surface area (Å²) in [5.41, 5.74) is 1.35. The Labute approximate surface area is 122 Å². The summed E-state index contributed by atoms with van der Waals surface area (Å²) >= 11 is 0. The van der Waals surface area contributed by atoms with Gasteiger partial charge in [0.15, 0.2) is 0 Å². The molecule has 1 aliphatic rings. The molecule has 0 saturated carbocycles. The van der Waals surface area contributed by atoms with Crippen LogP contribution in [0.3, 0.4) is 0 Å². The molecule has 1 aliphatic heterocycles. The van der Waals surface area contributed by atoms with Gasteiger partial charge in [-0.3, -0.25) is 0 Å². The second kappa shape index (κ2) is 9.91. The number of esters is 2. The van der Waals surface area contributed by atoms with Crippen LogP contribution in [0, 0.1) is 0 Å². The first-order valence-electron chi connectivity index (χ1n) is 5.87. The van der Waals surface area contributed by atoms with Gasteiger partial charge in [0.1, 0.15) is 0 Å². The van der Waals surface area contributed by atoms with Crippen molar-refractivity contribution in [3.8, 4) is 0 Å². The molecule has 0 atom stereocenters. The van der Waals surface area contributed by atoms with Gasteiger partial charge >= 0.3 is 17.9 Å². The van der Waals surface area contributed by atoms with E-state index in [9.17, 15) is 14.4 Å². The number of carboxylic acid groups (broad SMARTS) is 1. The average Bonchev–Trinajstić information content (AvgIpc) is 2.84. The molecule has 1 N–H and O–H groups in total. The van der Waals surface area contributed by atoms with E-state index in [1.165, 1.54) is 12.5 Å². The van der Waals surface area contributed by atoms with E-state index in [0.717, 1.165) is 12.2 Å². The molecule has 0 radical (unpaired) electrons. The average molecular weight is 288 g/mol. The molecule has 0 spiro atoms. The SMILES string of the molecule is C=C(C)C(=O)O.C=Cc1ccccc1.O=C1C=CC(=O)O1. The third-order valence-electron chi connectivity index (χ3n) is 1.96. The molecule has 0 unspecified atom stereocenters. The Hall–Kier alpha value is -2.95. The maximum absolute atomic E-state index is 9.92. The van der Waals surface area contributed by atoms with Gasteiger partial charge in [-0.25, -0.2) is 14.4 Å². The number of cyclic esters (lactones) is 2. The zero-order valence-electron chi connectivity index (χ0n) is 11.6. The largest absolute Gasteiger partial charge is 0.478 e. The van der Waals surface area contributed by atoms with Gasteiger partial charge < -0.3 is 9.84 Å². The molecule has 1 aromatic carbocycles. The molecule has 0 aliphatic carbocycles. The van der Waals surface area contributed by atoms with Crippen molar-refractivity contribution in [2.45, 2.75) is 6.92 Å². The molecule has 5 nitrogen and oxygen atoms in total. The number of rotatable bonds is 2. The van der Waals surface area contributed by atoms with E-state index >= 15 is 0 Å². The van der Waals surface area contributed by atoms with Crippen LogP contribution in [0.25, 0.3) is 6.08 Å². The zero-order valence-corrected chi connectivity index (χ0v) is 11.6. The summed E-state index contributed by atoms with van der Waals surface area (Å²) in [6.07, 6.45) is 4.00. The second-order valence-electron chi connectivity index (χ2n) is 3.77. The zero-order chi connectivity index (χ0) is 16.3. The summed E-state index contributed by atoms with van der Waals surface area (Å²) in [6, 6.07) is 10.0. The van der Waals surface area contributed by atoms with Crippen molar-refractivity contribution in [3.63, 3.8) is 0 Å². The van der Waals surface area contributed by atoms with Gasteiger partial charge in [-0.1, -0.05) is 49.6 Å². The van der Waals surface area contributed by atoms with Gasteiger partial charge in [0, 0.05) is 17.7 Å². The number of ether oxygens (including phenoxy) is 1. The third-order valence-corrected chi connectivity index (χ3v) is 1.96. The van der Waals surface area contributed by atoms with Crippen LogP contribution < -0.4 is 0 Å². The number of hydrogen-bond acceptors (Lipinski definition) is 4. The molecular weight excluding hydrogens is 272 g/mol. The van der Waals surface area contributed by atoms with Crippen molar-refractivity contribution in [2.75, 3.05) is 0 Å². The first-order valence-corrected chi connectivity index (χ1v) is 5.87. The molecule has 5 heteroatoms. The summed E-state index contributed by atoms with van der Waals surface area (Å²) in [5.74, 6) is -2.09. The summed E-state index contributed by atoms with van der Waals surface area (Å²) in [6.45, 7) is 8.23. The Balaban J connectivity index is 0.000000290. The van der Waals surface area contributed by atoms with Crippen LogP contribution in [-0.2, 0) is 19.1 Å². The maximum atomic E-state index is 9.92. The number of carbonyl (C=O) groups is 3. The molecule has 0 aromatic heterocycles. The first-order chi connectivity index (χ1) is 9.86. The second-order valence-corrected chi connectivity index (χ2v) is 3.77. The van der Waals surface area contributed by atoms with Crippen LogP contribution in [0.2, 0.25) is 0 Å². The minimum Gasteiger partial charge on any atom is -0.478 e. The Bertz CT molecular complexity index is 527. The van der Waals surface area contributed by atoms with Crippen LogP contribution in [-0.4, -0.2) is 23.0 Å². The summed E-state index contributed by atoms with van der Waals surface area (Å²) in [7, 11) is 0. The minimum atomic E-state index is -0.935. The van der Waals surface area contributed by atoms with E-state index < -0.39 is 17.9 Å². The van der Waals surface area contributed by atoms with Crippen molar-refractivity contribution in [1.82, 2.24) is 0 Å². The molecule has 0 fully saturated rings. The molecule has 2 rings (SSSR count). The molecule has 0 bridgehead atoms. The van der Waals surface area contributed by atoms with Crippen molar-refractivity contribution in [1.29, 1.82) is 0 Å². The normalized spacial score (nSPS) is 11.3. The number of hydrogen-bond donors (Lipinski definition) is 1. The van der Waals surface area contributed by atoms with Crippen LogP contribution in [0.15, 0.2) is 61.2 Å². The summed E-state index contributed by atoms with van der Waals surface area (Å²) < 4.78 is 3.97. The number of benzene rings is 1. The fourth-order valence-electron chi connectivity index (χ4n) is 0.892. The standard InChI is InChI=1S/C8H8.C4H2O3.C4H6O2/c1-2-8-6-4-3-5-7-8;5-3-1-2-4(6)7-3;1-3(2)4(5)6/h2-7H,1H2;1-2H;1H2,2H3,(H,5,6). The quantitative estimate of drug-likeness (QED) is 0.514. The molecule has 0 amide bonds. The number of carbonyl (C=O) groups excluding carboxylic acids is 2. The Morgan fingerprint density at radius 3 is 1.76 bits per heavy atom. The predicted octanol–water partition coefficient (Wildman–Crippen LogP) is 2.60. The van der Waals surface area contributed by atoms with E-state index in [-0.39, 0.29) is 5.57 Å². The lowest BCUT2D eigenvalue weighted by Crippen LogP contribution is -1.96. The van der Waals surface area contributed by atoms with Crippen LogP contribution in [0.1, 0.15) is 12.5 Å². The Morgan fingerprint density at radius 2 is 1.57 bits per heavy atom. The highest BCUT2D eigenvalue weighted by molar-refractivity contribution is 6.04. The molecule has 1 heterocycles. The van der Waals surface area contributed by atoms with Crippen molar-refractivity contribution in [2.24, 2.45) is 0 Å². The molecule has 0 saturated heterocycles. The Morgan fingerprint density at radius 1 is 1.14 bits per heavy atom. The first kappa shape index (κ1) is 18.0. The van der Waals surface area contributed by atoms with Crippen LogP contribution in [0.4, 0.5) is 0 Å². The van der Waals surface area contributed by atoms with E-state index in [2.05, 4.69) is 17.9 Å². The van der Waals surface area contributed by atoms with Crippen LogP contribution >= 0.6 is 0 Å². The van der Waals surface area contributed by atoms with Gasteiger partial charge in [-0.2, -0.15) is 0 Å². The summed E-state index contributed by atoms with van der Waals surface area (Å²) in [4.78, 5) is 29.4. The maximum Gasteiger partial charge on any atom is 0.338 e. The lowest BCUT2D eigenvalue weighted by Gasteiger charge is -1.85. The van der Waals surface area contributed by atoms with Crippen molar-refractivity contribution >= 4 is 24.0 Å². The monoisotopic (exact) mass is 288 g/mol. The lowest BCUT2D eigenvalue weighted by atomic mass is 10.2. The number of aliphatic carboxylic acids is 1. The Kier molecular flexibility index (Phi) is 8.52. The van der Waals surface area contributed by atoms with E-state index in [1.54, 1.807) is 0 Å². The van der Waals surface area contributed by atoms with E-state index in [1.807, 2.05) is 36.4 Å². The van der Waals surface area contributed by atoms with E-state index in [0.29, 0.717) is 0 Å². The molecule has 110 valence electrons. The minimum absolute atomic E-state index is 0.176. The van der Waals surface area contributed by atoms with Crippen molar-refractivity contribution < 1.29 is 24.2 Å². The highest BCUT2D eigenvalue weighted by Crippen LogP contribution is 1.97. The summed E-state index contributed by atoms with van der Waals surface area (Å²) in [5, 5.41) is 7.89. The topological polar surface area (TPSA) is 80.7 Å². The molecule has 21 heavy (non-hydrogen) atoms. The fraction of sp³-hybridized carbons (Fsp3) is 0.0625. The van der Waals surface area contributed by atoms with Gasteiger partial charge in [0.2, 0.25) is 0 Å². The lowest BCUT2D eigenvalue weighted by molar-refractivity contribution is -0.150. The number of carboxylic acids is 1. The van der Waals surface area contributed by atoms with Gasteiger partial charge in [-0.05, 0) is 12.5 Å². The van der Waals surface area contributed by atoms with Crippen molar-refractivity contribution in [3.05, 3.63) is 66.8 Å². The predicted molar refractivity (Wildman–Crippen MR) is 79.2 cm³/mol. The highest BCUT2D eigenvalue weighted by atomic mass is 16.6. The van der Waals surface area contributed by atoms with Crippen LogP contribution in [0.5, 0.6) is 0 Å². The van der Waals surface area contributed by atoms with Gasteiger partial charge in [0.05, 0.1) is 0 Å². The highest BCUT2D eigenvalue weighted by Gasteiger charge is 2.10. The van der Waals surface area contributed by atoms with E-state index in [4.69, 9.17) is 5.11 Å². The molecule has 1 aromatic rings. The third kappa shape index (κ3) is 9.61. The van der Waals surface area contributed by atoms with Gasteiger partial charge in [0.25, 0.3) is 0 Å². The molecular formula is C16H16O5.